The quantitative estimate of drug-likeness (QED) is 0.466. The second-order valence-electron chi connectivity index (χ2n) is 8.33. The lowest BCUT2D eigenvalue weighted by Gasteiger charge is -2.35. The number of benzene rings is 2. The molecule has 0 spiro atoms. The predicted octanol–water partition coefficient (Wildman–Crippen LogP) is 3.80. The number of nitrogens with one attached hydrogen (secondary N) is 1. The number of rotatable bonds is 6. The molecule has 1 fully saturated rings. The molecule has 3 heterocycles. The molecule has 1 unspecified atom stereocenters. The van der Waals surface area contributed by atoms with Gasteiger partial charge in [-0.3, -0.25) is 9.69 Å². The zero-order valence-electron chi connectivity index (χ0n) is 18.7. The lowest BCUT2D eigenvalue weighted by Crippen LogP contribution is -2.51. The van der Waals surface area contributed by atoms with Crippen LogP contribution in [-0.4, -0.2) is 63.1 Å². The van der Waals surface area contributed by atoms with E-state index in [4.69, 9.17) is 4.52 Å². The fourth-order valence-electron chi connectivity index (χ4n) is 3.91. The summed E-state index contributed by atoms with van der Waals surface area (Å²) in [6.07, 6.45) is 0. The maximum Gasteiger partial charge on any atom is 0.244 e. The third-order valence-corrected chi connectivity index (χ3v) is 6.79. The Bertz CT molecular complexity index is 1210. The van der Waals surface area contributed by atoms with Crippen LogP contribution in [-0.2, 0) is 11.3 Å². The van der Waals surface area contributed by atoms with Crippen LogP contribution in [0.25, 0.3) is 21.6 Å². The minimum absolute atomic E-state index is 0.0911. The molecule has 0 radical (unpaired) electrons. The summed E-state index contributed by atoms with van der Waals surface area (Å²) in [5.41, 5.74) is 3.09. The monoisotopic (exact) mass is 462 g/mol. The summed E-state index contributed by atoms with van der Waals surface area (Å²) in [4.78, 5) is 26.2. The number of amides is 1. The number of thiazole rings is 1. The van der Waals surface area contributed by atoms with Gasteiger partial charge in [-0.05, 0) is 26.0 Å². The fourth-order valence-corrected chi connectivity index (χ4v) is 4.86. The molecule has 0 bridgehead atoms. The number of piperazine rings is 1. The SMILES string of the molecule is Cc1ccc(-c2noc(CN3CCN(C(=O)C(C)Nc4nc5ccccc5s4)CC3)n2)cc1. The van der Waals surface area contributed by atoms with Gasteiger partial charge in [0, 0.05) is 31.7 Å². The summed E-state index contributed by atoms with van der Waals surface area (Å²) in [5.74, 6) is 1.29. The number of hydrogen-bond donors (Lipinski definition) is 1. The van der Waals surface area contributed by atoms with Gasteiger partial charge in [-0.15, -0.1) is 0 Å². The largest absolute Gasteiger partial charge is 0.350 e. The van der Waals surface area contributed by atoms with Crippen LogP contribution < -0.4 is 5.32 Å². The van der Waals surface area contributed by atoms with Crippen molar-refractivity contribution in [2.45, 2.75) is 26.4 Å². The fraction of sp³-hybridized carbons (Fsp3) is 0.333. The van der Waals surface area contributed by atoms with Crippen LogP contribution in [0, 0.1) is 6.92 Å². The number of aromatic nitrogens is 3. The Hall–Kier alpha value is -3.30. The molecule has 1 aliphatic rings. The van der Waals surface area contributed by atoms with Crippen molar-refractivity contribution in [3.8, 4) is 11.4 Å². The minimum Gasteiger partial charge on any atom is -0.350 e. The molecule has 0 aliphatic carbocycles. The van der Waals surface area contributed by atoms with E-state index in [0.29, 0.717) is 31.3 Å². The molecule has 0 saturated carbocycles. The molecule has 1 amide bonds. The molecule has 8 nitrogen and oxygen atoms in total. The predicted molar refractivity (Wildman–Crippen MR) is 129 cm³/mol. The Balaban J connectivity index is 1.13. The molecule has 9 heteroatoms. The molecule has 170 valence electrons. The molecule has 1 saturated heterocycles. The first kappa shape index (κ1) is 21.5. The molecular formula is C24H26N6O2S. The lowest BCUT2D eigenvalue weighted by atomic mass is 10.1. The van der Waals surface area contributed by atoms with Crippen molar-refractivity contribution in [2.75, 3.05) is 31.5 Å². The maximum absolute atomic E-state index is 12.9. The minimum atomic E-state index is -0.329. The Kier molecular flexibility index (Phi) is 6.06. The van der Waals surface area contributed by atoms with E-state index in [1.165, 1.54) is 5.56 Å². The molecule has 4 aromatic rings. The number of fused-ring (bicyclic) bond motifs is 1. The number of para-hydroxylation sites is 1. The van der Waals surface area contributed by atoms with Gasteiger partial charge in [0.25, 0.3) is 0 Å². The Labute approximate surface area is 196 Å². The molecule has 1 N–H and O–H groups in total. The van der Waals surface area contributed by atoms with Crippen molar-refractivity contribution < 1.29 is 9.32 Å². The molecule has 2 aromatic heterocycles. The van der Waals surface area contributed by atoms with Crippen molar-refractivity contribution >= 4 is 32.6 Å². The van der Waals surface area contributed by atoms with Gasteiger partial charge in [0.1, 0.15) is 6.04 Å². The topological polar surface area (TPSA) is 87.4 Å². The van der Waals surface area contributed by atoms with E-state index in [2.05, 4.69) is 25.3 Å². The van der Waals surface area contributed by atoms with Crippen molar-refractivity contribution in [1.29, 1.82) is 0 Å². The summed E-state index contributed by atoms with van der Waals surface area (Å²) in [7, 11) is 0. The average Bonchev–Trinajstić information content (AvgIpc) is 3.46. The van der Waals surface area contributed by atoms with Crippen LogP contribution in [0.1, 0.15) is 18.4 Å². The van der Waals surface area contributed by atoms with Gasteiger partial charge in [-0.25, -0.2) is 4.98 Å². The van der Waals surface area contributed by atoms with Gasteiger partial charge in [-0.1, -0.05) is 58.5 Å². The maximum atomic E-state index is 12.9. The Morgan fingerprint density at radius 2 is 1.85 bits per heavy atom. The van der Waals surface area contributed by atoms with Crippen LogP contribution in [0.4, 0.5) is 5.13 Å². The molecule has 1 aliphatic heterocycles. The summed E-state index contributed by atoms with van der Waals surface area (Å²) in [6, 6.07) is 15.7. The van der Waals surface area contributed by atoms with Crippen molar-refractivity contribution in [1.82, 2.24) is 24.9 Å². The highest BCUT2D eigenvalue weighted by molar-refractivity contribution is 7.22. The van der Waals surface area contributed by atoms with Crippen LogP contribution in [0.2, 0.25) is 0 Å². The Morgan fingerprint density at radius 3 is 2.61 bits per heavy atom. The highest BCUT2D eigenvalue weighted by Gasteiger charge is 2.26. The average molecular weight is 463 g/mol. The number of anilines is 1. The standard InChI is InChI=1S/C24H26N6O2S/c1-16-7-9-18(10-8-16)22-27-21(32-28-22)15-29-11-13-30(14-12-29)23(31)17(2)25-24-26-19-5-3-4-6-20(19)33-24/h3-10,17H,11-15H2,1-2H3,(H,25,26). The zero-order chi connectivity index (χ0) is 22.8. The van der Waals surface area contributed by atoms with Crippen LogP contribution >= 0.6 is 11.3 Å². The molecule has 33 heavy (non-hydrogen) atoms. The second kappa shape index (κ2) is 9.29. The van der Waals surface area contributed by atoms with Crippen LogP contribution in [0.15, 0.2) is 53.1 Å². The summed E-state index contributed by atoms with van der Waals surface area (Å²) < 4.78 is 6.57. The smallest absolute Gasteiger partial charge is 0.244 e. The van der Waals surface area contributed by atoms with E-state index in [9.17, 15) is 4.79 Å². The van der Waals surface area contributed by atoms with Crippen LogP contribution in [0.5, 0.6) is 0 Å². The molecule has 2 aromatic carbocycles. The summed E-state index contributed by atoms with van der Waals surface area (Å²) >= 11 is 1.57. The van der Waals surface area contributed by atoms with E-state index in [0.717, 1.165) is 34.0 Å². The number of hydrogen-bond acceptors (Lipinski definition) is 8. The second-order valence-corrected chi connectivity index (χ2v) is 9.36. The normalized spacial score (nSPS) is 15.6. The van der Waals surface area contributed by atoms with Gasteiger partial charge in [0.2, 0.25) is 17.6 Å². The number of carbonyl (C=O) groups is 1. The number of aryl methyl sites for hydroxylation is 1. The van der Waals surface area contributed by atoms with E-state index in [1.54, 1.807) is 11.3 Å². The first-order chi connectivity index (χ1) is 16.0. The van der Waals surface area contributed by atoms with Crippen molar-refractivity contribution in [3.63, 3.8) is 0 Å². The summed E-state index contributed by atoms with van der Waals surface area (Å²) in [6.45, 7) is 7.40. The first-order valence-corrected chi connectivity index (χ1v) is 11.9. The zero-order valence-corrected chi connectivity index (χ0v) is 19.5. The third kappa shape index (κ3) is 4.89. The van der Waals surface area contributed by atoms with Gasteiger partial charge in [0.15, 0.2) is 5.13 Å². The van der Waals surface area contributed by atoms with E-state index in [1.807, 2.05) is 67.3 Å². The first-order valence-electron chi connectivity index (χ1n) is 11.1. The summed E-state index contributed by atoms with van der Waals surface area (Å²) in [5, 5.41) is 8.16. The van der Waals surface area contributed by atoms with Crippen molar-refractivity contribution in [2.24, 2.45) is 0 Å². The lowest BCUT2D eigenvalue weighted by molar-refractivity contribution is -0.133. The highest BCUT2D eigenvalue weighted by atomic mass is 32.1. The van der Waals surface area contributed by atoms with Gasteiger partial charge < -0.3 is 14.7 Å². The number of carbonyl (C=O) groups excluding carboxylic acids is 1. The van der Waals surface area contributed by atoms with Crippen molar-refractivity contribution in [3.05, 3.63) is 60.0 Å². The molecule has 1 atom stereocenters. The van der Waals surface area contributed by atoms with Crippen LogP contribution in [0.3, 0.4) is 0 Å². The molecular weight excluding hydrogens is 436 g/mol. The van der Waals surface area contributed by atoms with Gasteiger partial charge in [-0.2, -0.15) is 4.98 Å². The number of nitrogens with zero attached hydrogens (tertiary/aromatic N) is 5. The molecule has 5 rings (SSSR count). The van der Waals surface area contributed by atoms with Gasteiger partial charge >= 0.3 is 0 Å². The van der Waals surface area contributed by atoms with E-state index >= 15 is 0 Å². The van der Waals surface area contributed by atoms with E-state index in [-0.39, 0.29) is 11.9 Å². The Morgan fingerprint density at radius 1 is 1.09 bits per heavy atom. The van der Waals surface area contributed by atoms with Gasteiger partial charge in [0.05, 0.1) is 16.8 Å². The highest BCUT2D eigenvalue weighted by Crippen LogP contribution is 2.26. The van der Waals surface area contributed by atoms with E-state index < -0.39 is 0 Å². The third-order valence-electron chi connectivity index (χ3n) is 5.82.